The highest BCUT2D eigenvalue weighted by Crippen LogP contribution is 2.09. The summed E-state index contributed by atoms with van der Waals surface area (Å²) in [5.41, 5.74) is 0.337. The van der Waals surface area contributed by atoms with E-state index in [4.69, 9.17) is 0 Å². The van der Waals surface area contributed by atoms with Gasteiger partial charge in [0.25, 0.3) is 0 Å². The fourth-order valence-electron chi connectivity index (χ4n) is 0.661. The van der Waals surface area contributed by atoms with Gasteiger partial charge in [0.15, 0.2) is 11.6 Å². The third kappa shape index (κ3) is 1.17. The Morgan fingerprint density at radius 1 is 1.20 bits per heavy atom. The Hall–Kier alpha value is -0.490. The summed E-state index contributed by atoms with van der Waals surface area (Å²) in [6, 6.07) is 3.07. The zero-order valence-electron chi connectivity index (χ0n) is 5.49. The van der Waals surface area contributed by atoms with Gasteiger partial charge in [0.05, 0.1) is 0 Å². The Labute approximate surface area is 60.5 Å². The molecule has 0 nitrogen and oxygen atoms in total. The van der Waals surface area contributed by atoms with Crippen molar-refractivity contribution in [1.29, 1.82) is 0 Å². The van der Waals surface area contributed by atoms with Gasteiger partial charge in [0.1, 0.15) is 0 Å². The maximum atomic E-state index is 12.6. The van der Waals surface area contributed by atoms with Gasteiger partial charge >= 0.3 is 0 Å². The number of halogens is 2. The van der Waals surface area contributed by atoms with Crippen molar-refractivity contribution in [3.63, 3.8) is 0 Å². The zero-order chi connectivity index (χ0) is 7.72. The van der Waals surface area contributed by atoms with Crippen molar-refractivity contribution < 1.29 is 8.78 Å². The van der Waals surface area contributed by atoms with E-state index in [1.807, 2.05) is 0 Å². The van der Waals surface area contributed by atoms with Crippen molar-refractivity contribution in [3.05, 3.63) is 29.3 Å². The Kier molecular flexibility index (Phi) is 2.00. The van der Waals surface area contributed by atoms with Gasteiger partial charge in [-0.15, -0.1) is 9.24 Å². The smallest absolute Gasteiger partial charge is 0.166 e. The van der Waals surface area contributed by atoms with Gasteiger partial charge in [-0.25, -0.2) is 8.78 Å². The van der Waals surface area contributed by atoms with E-state index in [2.05, 4.69) is 9.24 Å². The third-order valence-corrected chi connectivity index (χ3v) is 1.75. The second kappa shape index (κ2) is 2.63. The average Bonchev–Trinajstić information content (AvgIpc) is 1.93. The molecule has 1 unspecified atom stereocenters. The van der Waals surface area contributed by atoms with Crippen molar-refractivity contribution in [2.45, 2.75) is 6.92 Å². The lowest BCUT2D eigenvalue weighted by Crippen LogP contribution is -2.02. The molecule has 0 spiro atoms. The Bertz CT molecular complexity index is 231. The van der Waals surface area contributed by atoms with Crippen molar-refractivity contribution in [1.82, 2.24) is 0 Å². The van der Waals surface area contributed by atoms with Crippen LogP contribution < -0.4 is 5.30 Å². The predicted molar refractivity (Wildman–Crippen MR) is 40.4 cm³/mol. The van der Waals surface area contributed by atoms with Crippen LogP contribution in [0.2, 0.25) is 0 Å². The molecule has 0 saturated carbocycles. The summed E-state index contributed by atoms with van der Waals surface area (Å²) in [4.78, 5) is 0. The van der Waals surface area contributed by atoms with Gasteiger partial charge < -0.3 is 0 Å². The molecule has 0 heterocycles. The third-order valence-electron chi connectivity index (χ3n) is 1.31. The summed E-state index contributed by atoms with van der Waals surface area (Å²) in [7, 11) is 2.13. The molecule has 1 atom stereocenters. The molecule has 1 aromatic carbocycles. The molecular formula is C7H7F2P. The fourth-order valence-corrected chi connectivity index (χ4v) is 0.884. The minimum absolute atomic E-state index is 0.267. The molecule has 0 aromatic heterocycles. The lowest BCUT2D eigenvalue weighted by Gasteiger charge is -1.98. The summed E-state index contributed by atoms with van der Waals surface area (Å²) < 4.78 is 25.2. The molecule has 0 amide bonds. The van der Waals surface area contributed by atoms with E-state index in [0.29, 0.717) is 5.56 Å². The molecule has 10 heavy (non-hydrogen) atoms. The van der Waals surface area contributed by atoms with Crippen LogP contribution in [-0.4, -0.2) is 0 Å². The van der Waals surface area contributed by atoms with Crippen LogP contribution in [0.15, 0.2) is 12.1 Å². The zero-order valence-corrected chi connectivity index (χ0v) is 6.64. The molecule has 1 rings (SSSR count). The topological polar surface area (TPSA) is 0 Å². The van der Waals surface area contributed by atoms with Crippen LogP contribution in [0, 0.1) is 18.6 Å². The highest BCUT2D eigenvalue weighted by atomic mass is 31.0. The summed E-state index contributed by atoms with van der Waals surface area (Å²) in [6.07, 6.45) is 0. The molecule has 0 radical (unpaired) electrons. The minimum Gasteiger partial charge on any atom is -0.203 e. The maximum absolute atomic E-state index is 12.6. The van der Waals surface area contributed by atoms with Gasteiger partial charge in [-0.05, 0) is 12.5 Å². The van der Waals surface area contributed by atoms with Crippen LogP contribution >= 0.6 is 9.24 Å². The number of aryl methyl sites for hydroxylation is 1. The van der Waals surface area contributed by atoms with Crippen LogP contribution in [0.25, 0.3) is 0 Å². The van der Waals surface area contributed by atoms with Gasteiger partial charge in [-0.3, -0.25) is 0 Å². The molecule has 0 N–H and O–H groups in total. The highest BCUT2D eigenvalue weighted by Gasteiger charge is 2.06. The standard InChI is InChI=1S/C7H7F2P/c1-4-2-3-5(10)7(9)6(4)8/h2-3H,10H2,1H3. The summed E-state index contributed by atoms with van der Waals surface area (Å²) >= 11 is 0. The van der Waals surface area contributed by atoms with Crippen LogP contribution in [-0.2, 0) is 0 Å². The van der Waals surface area contributed by atoms with Crippen molar-refractivity contribution in [3.8, 4) is 0 Å². The lowest BCUT2D eigenvalue weighted by molar-refractivity contribution is 0.509. The number of benzene rings is 1. The molecule has 0 aliphatic heterocycles. The molecule has 0 fully saturated rings. The van der Waals surface area contributed by atoms with Gasteiger partial charge in [0, 0.05) is 5.30 Å². The largest absolute Gasteiger partial charge is 0.203 e. The monoisotopic (exact) mass is 160 g/mol. The predicted octanol–water partition coefficient (Wildman–Crippen LogP) is 1.77. The first-order valence-corrected chi connectivity index (χ1v) is 3.40. The summed E-state index contributed by atoms with van der Waals surface area (Å²) in [6.45, 7) is 1.53. The van der Waals surface area contributed by atoms with E-state index in [1.54, 1.807) is 6.07 Å². The van der Waals surface area contributed by atoms with E-state index in [9.17, 15) is 8.78 Å². The number of hydrogen-bond acceptors (Lipinski definition) is 0. The second-order valence-electron chi connectivity index (χ2n) is 2.10. The minimum atomic E-state index is -0.773. The Morgan fingerprint density at radius 2 is 1.80 bits per heavy atom. The maximum Gasteiger partial charge on any atom is 0.166 e. The lowest BCUT2D eigenvalue weighted by atomic mass is 10.2. The van der Waals surface area contributed by atoms with Crippen molar-refractivity contribution >= 4 is 14.5 Å². The molecule has 0 aliphatic carbocycles. The molecule has 0 saturated heterocycles. The first kappa shape index (κ1) is 7.62. The number of hydrogen-bond donors (Lipinski definition) is 0. The van der Waals surface area contributed by atoms with Crippen LogP contribution in [0.5, 0.6) is 0 Å². The molecule has 0 bridgehead atoms. The SMILES string of the molecule is Cc1ccc(P)c(F)c1F. The van der Waals surface area contributed by atoms with E-state index in [-0.39, 0.29) is 5.30 Å². The van der Waals surface area contributed by atoms with Crippen LogP contribution in [0.3, 0.4) is 0 Å². The van der Waals surface area contributed by atoms with E-state index >= 15 is 0 Å². The fraction of sp³-hybridized carbons (Fsp3) is 0.143. The summed E-state index contributed by atoms with van der Waals surface area (Å²) in [5.74, 6) is -1.53. The van der Waals surface area contributed by atoms with Crippen LogP contribution in [0.4, 0.5) is 8.78 Å². The normalized spacial score (nSPS) is 10.0. The molecule has 1 aromatic rings. The molecule has 0 aliphatic rings. The van der Waals surface area contributed by atoms with E-state index in [0.717, 1.165) is 0 Å². The summed E-state index contributed by atoms with van der Waals surface area (Å²) in [5, 5.41) is 0.267. The first-order valence-electron chi connectivity index (χ1n) is 2.83. The number of rotatable bonds is 0. The van der Waals surface area contributed by atoms with Crippen molar-refractivity contribution in [2.24, 2.45) is 0 Å². The molecule has 54 valence electrons. The quantitative estimate of drug-likeness (QED) is 0.507. The van der Waals surface area contributed by atoms with E-state index < -0.39 is 11.6 Å². The van der Waals surface area contributed by atoms with Gasteiger partial charge in [0.2, 0.25) is 0 Å². The first-order chi connectivity index (χ1) is 4.63. The average molecular weight is 160 g/mol. The Balaban J connectivity index is 3.34. The van der Waals surface area contributed by atoms with Crippen LogP contribution in [0.1, 0.15) is 5.56 Å². The Morgan fingerprint density at radius 3 is 2.30 bits per heavy atom. The second-order valence-corrected chi connectivity index (χ2v) is 2.72. The van der Waals surface area contributed by atoms with Gasteiger partial charge in [-0.2, -0.15) is 0 Å². The molecular weight excluding hydrogens is 153 g/mol. The highest BCUT2D eigenvalue weighted by molar-refractivity contribution is 7.27. The van der Waals surface area contributed by atoms with Crippen molar-refractivity contribution in [2.75, 3.05) is 0 Å². The van der Waals surface area contributed by atoms with Gasteiger partial charge in [-0.1, -0.05) is 12.1 Å². The van der Waals surface area contributed by atoms with E-state index in [1.165, 1.54) is 13.0 Å². The molecule has 3 heteroatoms.